The monoisotopic (exact) mass is 453 g/mol. The number of halogens is 3. The van der Waals surface area contributed by atoms with E-state index >= 15 is 0 Å². The maximum Gasteiger partial charge on any atom is 0.490 e. The highest BCUT2D eigenvalue weighted by Gasteiger charge is 2.38. The molecule has 0 bridgehead atoms. The highest BCUT2D eigenvalue weighted by atomic mass is 19.4. The molecule has 8 nitrogen and oxygen atoms in total. The summed E-state index contributed by atoms with van der Waals surface area (Å²) >= 11 is 0. The normalized spacial score (nSPS) is 19.0. The lowest BCUT2D eigenvalue weighted by Gasteiger charge is -2.34. The summed E-state index contributed by atoms with van der Waals surface area (Å²) in [7, 11) is 0. The summed E-state index contributed by atoms with van der Waals surface area (Å²) in [5.41, 5.74) is 4.05. The minimum Gasteiger partial charge on any atom is -0.475 e. The Balaban J connectivity index is 0.000000360. The van der Waals surface area contributed by atoms with Crippen molar-refractivity contribution >= 4 is 11.9 Å². The zero-order valence-electron chi connectivity index (χ0n) is 17.7. The predicted molar refractivity (Wildman–Crippen MR) is 109 cm³/mol. The van der Waals surface area contributed by atoms with E-state index in [0.717, 1.165) is 62.5 Å². The van der Waals surface area contributed by atoms with Gasteiger partial charge >= 0.3 is 12.1 Å². The van der Waals surface area contributed by atoms with Crippen molar-refractivity contribution in [1.82, 2.24) is 25.0 Å². The molecule has 0 aromatic carbocycles. The van der Waals surface area contributed by atoms with E-state index in [0.29, 0.717) is 11.6 Å². The van der Waals surface area contributed by atoms with E-state index in [2.05, 4.69) is 33.1 Å². The largest absolute Gasteiger partial charge is 0.490 e. The lowest BCUT2D eigenvalue weighted by molar-refractivity contribution is -0.192. The third kappa shape index (κ3) is 6.06. The number of amides is 1. The van der Waals surface area contributed by atoms with Crippen molar-refractivity contribution in [3.8, 4) is 0 Å². The van der Waals surface area contributed by atoms with Crippen molar-refractivity contribution in [3.63, 3.8) is 0 Å². The van der Waals surface area contributed by atoms with Crippen molar-refractivity contribution < 1.29 is 27.9 Å². The molecule has 4 rings (SSSR count). The SMILES string of the molecule is CC1CCc2[nH]nc(C(=O)N3CCN(Cc4ccccn4)CC3)c2C1.O=C(O)C(F)(F)F. The second kappa shape index (κ2) is 10.1. The van der Waals surface area contributed by atoms with Crippen LogP contribution in [0.2, 0.25) is 0 Å². The summed E-state index contributed by atoms with van der Waals surface area (Å²) in [4.78, 5) is 30.5. The summed E-state index contributed by atoms with van der Waals surface area (Å²) in [6, 6.07) is 6.00. The summed E-state index contributed by atoms with van der Waals surface area (Å²) in [6.45, 7) is 6.36. The van der Waals surface area contributed by atoms with Gasteiger partial charge in [-0.3, -0.25) is 19.8 Å². The van der Waals surface area contributed by atoms with Crippen LogP contribution < -0.4 is 0 Å². The first-order chi connectivity index (χ1) is 15.1. The number of nitrogens with zero attached hydrogens (tertiary/aromatic N) is 4. The Bertz CT molecular complexity index is 925. The molecular weight excluding hydrogens is 427 g/mol. The fourth-order valence-corrected chi connectivity index (χ4v) is 3.83. The first-order valence-corrected chi connectivity index (χ1v) is 10.4. The van der Waals surface area contributed by atoms with Gasteiger partial charge in [-0.2, -0.15) is 18.3 Å². The van der Waals surface area contributed by atoms with E-state index in [4.69, 9.17) is 9.90 Å². The van der Waals surface area contributed by atoms with Gasteiger partial charge < -0.3 is 10.0 Å². The molecule has 32 heavy (non-hydrogen) atoms. The van der Waals surface area contributed by atoms with Crippen LogP contribution in [0, 0.1) is 5.92 Å². The van der Waals surface area contributed by atoms with Gasteiger partial charge in [0, 0.05) is 50.2 Å². The number of nitrogens with one attached hydrogen (secondary N) is 1. The average Bonchev–Trinajstić information content (AvgIpc) is 3.17. The molecule has 174 valence electrons. The van der Waals surface area contributed by atoms with Gasteiger partial charge in [0.25, 0.3) is 5.91 Å². The molecule has 1 amide bonds. The van der Waals surface area contributed by atoms with Gasteiger partial charge in [-0.15, -0.1) is 0 Å². The third-order valence-corrected chi connectivity index (χ3v) is 5.61. The Morgan fingerprint density at radius 1 is 1.22 bits per heavy atom. The molecule has 2 N–H and O–H groups in total. The topological polar surface area (TPSA) is 102 Å². The molecule has 1 aliphatic carbocycles. The van der Waals surface area contributed by atoms with E-state index in [-0.39, 0.29) is 5.91 Å². The maximum absolute atomic E-state index is 12.9. The fourth-order valence-electron chi connectivity index (χ4n) is 3.83. The number of hydrogen-bond donors (Lipinski definition) is 2. The number of aryl methyl sites for hydroxylation is 1. The lowest BCUT2D eigenvalue weighted by Crippen LogP contribution is -2.48. The zero-order valence-corrected chi connectivity index (χ0v) is 17.7. The van der Waals surface area contributed by atoms with Gasteiger partial charge in [0.2, 0.25) is 0 Å². The summed E-state index contributed by atoms with van der Waals surface area (Å²) in [6.07, 6.45) is -0.104. The van der Waals surface area contributed by atoms with Crippen LogP contribution in [0.1, 0.15) is 40.8 Å². The molecule has 2 aliphatic rings. The van der Waals surface area contributed by atoms with Crippen LogP contribution in [0.3, 0.4) is 0 Å². The Morgan fingerprint density at radius 2 is 1.91 bits per heavy atom. The number of pyridine rings is 1. The Morgan fingerprint density at radius 3 is 2.50 bits per heavy atom. The number of carbonyl (C=O) groups excluding carboxylic acids is 1. The van der Waals surface area contributed by atoms with Crippen LogP contribution in [0.15, 0.2) is 24.4 Å². The molecule has 3 heterocycles. The van der Waals surface area contributed by atoms with E-state index in [1.54, 1.807) is 0 Å². The summed E-state index contributed by atoms with van der Waals surface area (Å²) < 4.78 is 31.7. The second-order valence-corrected chi connectivity index (χ2v) is 8.07. The molecule has 1 atom stereocenters. The molecule has 0 spiro atoms. The summed E-state index contributed by atoms with van der Waals surface area (Å²) in [5.74, 6) is -2.04. The number of aromatic nitrogens is 3. The average molecular weight is 453 g/mol. The number of hydrogen-bond acceptors (Lipinski definition) is 5. The summed E-state index contributed by atoms with van der Waals surface area (Å²) in [5, 5.41) is 14.6. The van der Waals surface area contributed by atoms with Gasteiger partial charge in [0.15, 0.2) is 5.69 Å². The molecule has 1 aliphatic heterocycles. The minimum atomic E-state index is -5.08. The van der Waals surface area contributed by atoms with Gasteiger partial charge in [-0.05, 0) is 37.3 Å². The van der Waals surface area contributed by atoms with E-state index in [1.165, 1.54) is 6.42 Å². The van der Waals surface area contributed by atoms with Crippen molar-refractivity contribution in [1.29, 1.82) is 0 Å². The predicted octanol–water partition coefficient (Wildman–Crippen LogP) is 2.52. The molecule has 1 saturated heterocycles. The van der Waals surface area contributed by atoms with Gasteiger partial charge in [-0.25, -0.2) is 4.79 Å². The Kier molecular flexibility index (Phi) is 7.49. The molecule has 2 aromatic rings. The molecule has 1 fully saturated rings. The number of fused-ring (bicyclic) bond motifs is 1. The van der Waals surface area contributed by atoms with Crippen molar-refractivity contribution in [2.45, 2.75) is 38.9 Å². The molecule has 0 saturated carbocycles. The van der Waals surface area contributed by atoms with Crippen molar-refractivity contribution in [2.75, 3.05) is 26.2 Å². The van der Waals surface area contributed by atoms with Gasteiger partial charge in [-0.1, -0.05) is 13.0 Å². The van der Waals surface area contributed by atoms with Crippen LogP contribution in [0.25, 0.3) is 0 Å². The molecule has 1 unspecified atom stereocenters. The number of carbonyl (C=O) groups is 2. The number of aromatic amines is 1. The van der Waals surface area contributed by atoms with Crippen LogP contribution >= 0.6 is 0 Å². The number of H-pyrrole nitrogens is 1. The number of piperazine rings is 1. The number of carboxylic acid groups (broad SMARTS) is 1. The van der Waals surface area contributed by atoms with Crippen LogP contribution in [0.4, 0.5) is 13.2 Å². The first kappa shape index (κ1) is 23.7. The smallest absolute Gasteiger partial charge is 0.475 e. The first-order valence-electron chi connectivity index (χ1n) is 10.4. The molecular formula is C21H26F3N5O3. The van der Waals surface area contributed by atoms with Gasteiger partial charge in [0.1, 0.15) is 0 Å². The number of rotatable bonds is 3. The van der Waals surface area contributed by atoms with E-state index in [9.17, 15) is 18.0 Å². The van der Waals surface area contributed by atoms with Crippen LogP contribution in [0.5, 0.6) is 0 Å². The van der Waals surface area contributed by atoms with Crippen LogP contribution in [-0.2, 0) is 24.2 Å². The van der Waals surface area contributed by atoms with Crippen LogP contribution in [-0.4, -0.2) is 74.3 Å². The van der Waals surface area contributed by atoms with E-state index in [1.807, 2.05) is 23.2 Å². The molecule has 11 heteroatoms. The molecule has 2 aromatic heterocycles. The number of alkyl halides is 3. The maximum atomic E-state index is 12.9. The Labute approximate surface area is 183 Å². The lowest BCUT2D eigenvalue weighted by atomic mass is 9.87. The van der Waals surface area contributed by atoms with Crippen molar-refractivity contribution in [2.24, 2.45) is 5.92 Å². The van der Waals surface area contributed by atoms with Gasteiger partial charge in [0.05, 0.1) is 5.69 Å². The third-order valence-electron chi connectivity index (χ3n) is 5.61. The highest BCUT2D eigenvalue weighted by Crippen LogP contribution is 2.27. The number of aliphatic carboxylic acids is 1. The minimum absolute atomic E-state index is 0.0871. The fraction of sp³-hybridized carbons (Fsp3) is 0.524. The molecule has 0 radical (unpaired) electrons. The van der Waals surface area contributed by atoms with Crippen molar-refractivity contribution in [3.05, 3.63) is 47.0 Å². The quantitative estimate of drug-likeness (QED) is 0.741. The second-order valence-electron chi connectivity index (χ2n) is 8.07. The Hall–Kier alpha value is -2.95. The zero-order chi connectivity index (χ0) is 23.3. The highest BCUT2D eigenvalue weighted by molar-refractivity contribution is 5.94. The number of carboxylic acids is 1. The standard InChI is InChI=1S/C19H25N5O.C2HF3O2/c1-14-5-6-17-16(12-14)18(22-21-17)19(25)24-10-8-23(9-11-24)13-15-4-2-3-7-20-15;3-2(4,5)1(6)7/h2-4,7,14H,5-6,8-13H2,1H3,(H,21,22);(H,6,7). The van der Waals surface area contributed by atoms with E-state index < -0.39 is 12.1 Å².